The van der Waals surface area contributed by atoms with E-state index < -0.39 is 10.0 Å². The normalized spacial score (nSPS) is 16.4. The third-order valence-corrected chi connectivity index (χ3v) is 8.18. The number of hydrogen-bond acceptors (Lipinski definition) is 7. The maximum atomic E-state index is 12.5. The lowest BCUT2D eigenvalue weighted by Crippen LogP contribution is -2.45. The summed E-state index contributed by atoms with van der Waals surface area (Å²) >= 11 is 1.13. The zero-order valence-corrected chi connectivity index (χ0v) is 18.7. The molecule has 0 saturated carbocycles. The van der Waals surface area contributed by atoms with Crippen LogP contribution in [0.5, 0.6) is 5.75 Å². The lowest BCUT2D eigenvalue weighted by atomic mass is 10.0. The van der Waals surface area contributed by atoms with Crippen molar-refractivity contribution in [3.8, 4) is 5.75 Å². The summed E-state index contributed by atoms with van der Waals surface area (Å²) in [6.07, 6.45) is 0. The molecule has 1 amide bonds. The van der Waals surface area contributed by atoms with E-state index in [9.17, 15) is 13.2 Å². The van der Waals surface area contributed by atoms with Crippen LogP contribution in [0, 0.1) is 0 Å². The second kappa shape index (κ2) is 10.4. The highest BCUT2D eigenvalue weighted by Crippen LogP contribution is 2.24. The van der Waals surface area contributed by atoms with Crippen LogP contribution in [0.15, 0.2) is 46.0 Å². The van der Waals surface area contributed by atoms with Gasteiger partial charge in [-0.05, 0) is 29.1 Å². The monoisotopic (exact) mass is 453 g/mol. The number of hydrogen-bond donors (Lipinski definition) is 1. The molecule has 164 valence electrons. The summed E-state index contributed by atoms with van der Waals surface area (Å²) < 4.78 is 37.0. The Morgan fingerprint density at radius 2 is 1.97 bits per heavy atom. The highest BCUT2D eigenvalue weighted by Gasteiger charge is 2.26. The smallest absolute Gasteiger partial charge is 0.252 e. The van der Waals surface area contributed by atoms with Crippen LogP contribution in [0.3, 0.4) is 0 Å². The lowest BCUT2D eigenvalue weighted by Gasteiger charge is -2.35. The molecule has 8 nitrogen and oxygen atoms in total. The third kappa shape index (κ3) is 5.58. The predicted octanol–water partition coefficient (Wildman–Crippen LogP) is 1.57. The molecule has 2 heterocycles. The Morgan fingerprint density at radius 3 is 2.57 bits per heavy atom. The molecule has 0 aliphatic carbocycles. The van der Waals surface area contributed by atoms with E-state index in [1.54, 1.807) is 18.6 Å². The topological polar surface area (TPSA) is 88.2 Å². The van der Waals surface area contributed by atoms with Gasteiger partial charge in [0.05, 0.1) is 32.9 Å². The second-order valence-electron chi connectivity index (χ2n) is 6.93. The number of carbonyl (C=O) groups is 1. The van der Waals surface area contributed by atoms with Gasteiger partial charge in [0.15, 0.2) is 0 Å². The Hall–Kier alpha value is -1.98. The number of nitrogens with one attached hydrogen (secondary N) is 1. The average Bonchev–Trinajstić information content (AvgIpc) is 3.31. The molecule has 1 atom stereocenters. The van der Waals surface area contributed by atoms with Gasteiger partial charge < -0.3 is 14.8 Å². The molecule has 1 aromatic carbocycles. The SMILES string of the molecule is COc1ccc(C(CNC(=O)CN(C)S(=O)(=O)c2cccs2)N2CCOCC2)cc1. The number of sulfonamides is 1. The Kier molecular flexibility index (Phi) is 7.84. The van der Waals surface area contributed by atoms with E-state index in [1.165, 1.54) is 13.1 Å². The summed E-state index contributed by atoms with van der Waals surface area (Å²) in [6.45, 7) is 2.94. The Balaban J connectivity index is 1.64. The lowest BCUT2D eigenvalue weighted by molar-refractivity contribution is -0.121. The first kappa shape index (κ1) is 22.7. The molecule has 1 unspecified atom stereocenters. The zero-order chi connectivity index (χ0) is 21.6. The van der Waals surface area contributed by atoms with Gasteiger partial charge >= 0.3 is 0 Å². The minimum atomic E-state index is -3.66. The molecule has 1 aliphatic heterocycles. The number of ether oxygens (including phenoxy) is 2. The van der Waals surface area contributed by atoms with Crippen molar-refractivity contribution in [1.82, 2.24) is 14.5 Å². The highest BCUT2D eigenvalue weighted by molar-refractivity contribution is 7.91. The van der Waals surface area contributed by atoms with Crippen LogP contribution in [0.2, 0.25) is 0 Å². The van der Waals surface area contributed by atoms with Gasteiger partial charge in [-0.1, -0.05) is 18.2 Å². The first-order valence-corrected chi connectivity index (χ1v) is 12.0. The summed E-state index contributed by atoms with van der Waals surface area (Å²) in [4.78, 5) is 14.8. The number of likely N-dealkylation sites (N-methyl/N-ethyl adjacent to an activating group) is 1. The van der Waals surface area contributed by atoms with Crippen molar-refractivity contribution >= 4 is 27.3 Å². The van der Waals surface area contributed by atoms with Gasteiger partial charge in [0.1, 0.15) is 9.96 Å². The number of carbonyl (C=O) groups excluding carboxylic acids is 1. The molecule has 1 saturated heterocycles. The molecule has 10 heteroatoms. The van der Waals surface area contributed by atoms with Crippen LogP contribution in [-0.2, 0) is 19.6 Å². The van der Waals surface area contributed by atoms with E-state index in [0.717, 1.165) is 40.0 Å². The molecule has 1 N–H and O–H groups in total. The summed E-state index contributed by atoms with van der Waals surface area (Å²) in [6, 6.07) is 10.9. The van der Waals surface area contributed by atoms with Crippen LogP contribution < -0.4 is 10.1 Å². The van der Waals surface area contributed by atoms with Crippen LogP contribution in [0.25, 0.3) is 0 Å². The molecule has 1 fully saturated rings. The van der Waals surface area contributed by atoms with Gasteiger partial charge in [-0.2, -0.15) is 4.31 Å². The fourth-order valence-electron chi connectivity index (χ4n) is 3.29. The van der Waals surface area contributed by atoms with Crippen molar-refractivity contribution in [2.24, 2.45) is 0 Å². The molecule has 30 heavy (non-hydrogen) atoms. The van der Waals surface area contributed by atoms with Gasteiger partial charge in [0, 0.05) is 26.7 Å². The largest absolute Gasteiger partial charge is 0.497 e. The van der Waals surface area contributed by atoms with Crippen LogP contribution >= 0.6 is 11.3 Å². The maximum Gasteiger partial charge on any atom is 0.252 e. The zero-order valence-electron chi connectivity index (χ0n) is 17.1. The highest BCUT2D eigenvalue weighted by atomic mass is 32.2. The number of methoxy groups -OCH3 is 1. The first-order chi connectivity index (χ1) is 14.4. The van der Waals surface area contributed by atoms with Crippen molar-refractivity contribution in [3.63, 3.8) is 0 Å². The predicted molar refractivity (Wildman–Crippen MR) is 115 cm³/mol. The van der Waals surface area contributed by atoms with Crippen molar-refractivity contribution in [3.05, 3.63) is 47.3 Å². The maximum absolute atomic E-state index is 12.5. The van der Waals surface area contributed by atoms with E-state index in [4.69, 9.17) is 9.47 Å². The van der Waals surface area contributed by atoms with Gasteiger partial charge in [0.2, 0.25) is 5.91 Å². The minimum absolute atomic E-state index is 0.0389. The van der Waals surface area contributed by atoms with Gasteiger partial charge in [-0.3, -0.25) is 9.69 Å². The number of benzene rings is 1. The Bertz CT molecular complexity index is 910. The van der Waals surface area contributed by atoms with Gasteiger partial charge in [-0.25, -0.2) is 8.42 Å². The van der Waals surface area contributed by atoms with Gasteiger partial charge in [-0.15, -0.1) is 11.3 Å². The van der Waals surface area contributed by atoms with Crippen LogP contribution in [-0.4, -0.2) is 77.1 Å². The Morgan fingerprint density at radius 1 is 1.27 bits per heavy atom. The molecule has 1 aliphatic rings. The molecule has 0 bridgehead atoms. The van der Waals surface area contributed by atoms with Crippen molar-refractivity contribution < 1.29 is 22.7 Å². The third-order valence-electron chi connectivity index (χ3n) is 5.01. The molecule has 0 radical (unpaired) electrons. The second-order valence-corrected chi connectivity index (χ2v) is 10.2. The number of amides is 1. The van der Waals surface area contributed by atoms with Crippen molar-refractivity contribution in [1.29, 1.82) is 0 Å². The molecule has 3 rings (SSSR count). The standard InChI is InChI=1S/C20H27N3O5S2/c1-22(30(25,26)20-4-3-13-29-20)15-19(24)21-14-18(23-9-11-28-12-10-23)16-5-7-17(27-2)8-6-16/h3-8,13,18H,9-12,14-15H2,1-2H3,(H,21,24). The summed E-state index contributed by atoms with van der Waals surface area (Å²) in [5.41, 5.74) is 1.05. The number of nitrogens with zero attached hydrogens (tertiary/aromatic N) is 2. The van der Waals surface area contributed by atoms with E-state index in [-0.39, 0.29) is 22.7 Å². The number of rotatable bonds is 9. The van der Waals surface area contributed by atoms with Crippen molar-refractivity contribution in [2.45, 2.75) is 10.3 Å². The van der Waals surface area contributed by atoms with E-state index in [0.29, 0.717) is 19.8 Å². The fraction of sp³-hybridized carbons (Fsp3) is 0.450. The summed E-state index contributed by atoms with van der Waals surface area (Å²) in [5.74, 6) is 0.424. The molecule has 1 aromatic heterocycles. The number of morpholine rings is 1. The summed E-state index contributed by atoms with van der Waals surface area (Å²) in [5, 5.41) is 4.60. The molecule has 0 spiro atoms. The Labute approximate surface area is 181 Å². The quantitative estimate of drug-likeness (QED) is 0.620. The molecular weight excluding hydrogens is 426 g/mol. The first-order valence-electron chi connectivity index (χ1n) is 9.64. The summed E-state index contributed by atoms with van der Waals surface area (Å²) in [7, 11) is -0.625. The molecule has 2 aromatic rings. The van der Waals surface area contributed by atoms with E-state index in [2.05, 4.69) is 10.2 Å². The number of thiophene rings is 1. The average molecular weight is 454 g/mol. The van der Waals surface area contributed by atoms with E-state index >= 15 is 0 Å². The fourth-order valence-corrected chi connectivity index (χ4v) is 5.62. The molecular formula is C20H27N3O5S2. The van der Waals surface area contributed by atoms with E-state index in [1.807, 2.05) is 24.3 Å². The van der Waals surface area contributed by atoms with Crippen LogP contribution in [0.4, 0.5) is 0 Å². The van der Waals surface area contributed by atoms with Crippen LogP contribution in [0.1, 0.15) is 11.6 Å². The van der Waals surface area contributed by atoms with Gasteiger partial charge in [0.25, 0.3) is 10.0 Å². The minimum Gasteiger partial charge on any atom is -0.497 e. The van der Waals surface area contributed by atoms with Crippen molar-refractivity contribution in [2.75, 3.05) is 53.6 Å².